The van der Waals surface area contributed by atoms with Gasteiger partial charge in [-0.2, -0.15) is 0 Å². The van der Waals surface area contributed by atoms with E-state index < -0.39 is 5.97 Å². The van der Waals surface area contributed by atoms with Crippen LogP contribution in [0.4, 0.5) is 5.69 Å². The molecule has 0 saturated carbocycles. The second-order valence-electron chi connectivity index (χ2n) is 8.24. The lowest BCUT2D eigenvalue weighted by Gasteiger charge is -2.37. The van der Waals surface area contributed by atoms with E-state index in [9.17, 15) is 9.59 Å². The maximum Gasteiger partial charge on any atom is 0.335 e. The molecule has 3 rings (SSSR count). The van der Waals surface area contributed by atoms with Crippen molar-refractivity contribution in [1.29, 1.82) is 0 Å². The van der Waals surface area contributed by atoms with Gasteiger partial charge in [0.25, 0.3) is 5.91 Å². The van der Waals surface area contributed by atoms with Gasteiger partial charge in [0.1, 0.15) is 5.75 Å². The Balaban J connectivity index is 1.70. The number of carbonyl (C=O) groups excluding carboxylic acids is 1. The molecule has 0 radical (unpaired) electrons. The first-order chi connectivity index (χ1) is 14.4. The van der Waals surface area contributed by atoms with Crippen LogP contribution in [0.1, 0.15) is 46.5 Å². The topological polar surface area (TPSA) is 78.9 Å². The zero-order chi connectivity index (χ0) is 21.7. The number of nitrogens with one attached hydrogen (secondary N) is 1. The molecule has 0 unspecified atom stereocenters. The number of carbonyl (C=O) groups is 2. The average Bonchev–Trinajstić information content (AvgIpc) is 2.72. The Morgan fingerprint density at radius 3 is 2.37 bits per heavy atom. The molecule has 160 valence electrons. The molecular weight excluding hydrogens is 380 g/mol. The SMILES string of the molecule is COc1ccc(N2C[C@H](C)C[C@H](C)C2)c(C(=O)NCCc2ccc(C(=O)O)cc2)c1. The van der Waals surface area contributed by atoms with E-state index in [1.165, 1.54) is 6.42 Å². The molecule has 2 atom stereocenters. The van der Waals surface area contributed by atoms with Crippen LogP contribution in [-0.4, -0.2) is 43.7 Å². The van der Waals surface area contributed by atoms with Crippen LogP contribution in [0, 0.1) is 11.8 Å². The molecule has 0 aliphatic carbocycles. The zero-order valence-corrected chi connectivity index (χ0v) is 17.9. The molecule has 6 nitrogen and oxygen atoms in total. The van der Waals surface area contributed by atoms with E-state index in [0.717, 1.165) is 24.3 Å². The number of rotatable bonds is 7. The van der Waals surface area contributed by atoms with Crippen molar-refractivity contribution in [3.05, 3.63) is 59.2 Å². The fraction of sp³-hybridized carbons (Fsp3) is 0.417. The third kappa shape index (κ3) is 5.32. The molecule has 1 saturated heterocycles. The predicted octanol–water partition coefficient (Wildman–Crippen LogP) is 3.85. The molecule has 1 aliphatic heterocycles. The second kappa shape index (κ2) is 9.65. The summed E-state index contributed by atoms with van der Waals surface area (Å²) in [5.74, 6) is 0.756. The first-order valence-corrected chi connectivity index (χ1v) is 10.4. The lowest BCUT2D eigenvalue weighted by atomic mass is 9.91. The first kappa shape index (κ1) is 21.7. The summed E-state index contributed by atoms with van der Waals surface area (Å²) in [6, 6.07) is 12.4. The zero-order valence-electron chi connectivity index (χ0n) is 17.9. The highest BCUT2D eigenvalue weighted by Gasteiger charge is 2.25. The fourth-order valence-electron chi connectivity index (χ4n) is 4.19. The van der Waals surface area contributed by atoms with Crippen molar-refractivity contribution in [2.75, 3.05) is 31.6 Å². The van der Waals surface area contributed by atoms with Gasteiger partial charge in [-0.05, 0) is 60.6 Å². The standard InChI is InChI=1S/C24H30N2O4/c1-16-12-17(2)15-26(14-16)22-9-8-20(30-3)13-21(22)23(27)25-11-10-18-4-6-19(7-5-18)24(28)29/h4-9,13,16-17H,10-12,14-15H2,1-3H3,(H,25,27)(H,28,29)/t16-,17+. The summed E-state index contributed by atoms with van der Waals surface area (Å²) in [6.45, 7) is 6.84. The van der Waals surface area contributed by atoms with Crippen molar-refractivity contribution in [2.45, 2.75) is 26.7 Å². The van der Waals surface area contributed by atoms with Gasteiger partial charge < -0.3 is 20.1 Å². The van der Waals surface area contributed by atoms with Gasteiger partial charge in [0.2, 0.25) is 0 Å². The quantitative estimate of drug-likeness (QED) is 0.725. The van der Waals surface area contributed by atoms with Gasteiger partial charge in [0, 0.05) is 25.3 Å². The summed E-state index contributed by atoms with van der Waals surface area (Å²) in [4.78, 5) is 26.3. The van der Waals surface area contributed by atoms with Gasteiger partial charge in [-0.15, -0.1) is 0 Å². The Bertz CT molecular complexity index is 885. The number of aromatic carboxylic acids is 1. The largest absolute Gasteiger partial charge is 0.497 e. The summed E-state index contributed by atoms with van der Waals surface area (Å²) in [5.41, 5.74) is 2.80. The average molecular weight is 411 g/mol. The molecule has 6 heteroatoms. The van der Waals surface area contributed by atoms with Crippen LogP contribution in [0.3, 0.4) is 0 Å². The van der Waals surface area contributed by atoms with Crippen LogP contribution < -0.4 is 15.0 Å². The molecule has 0 bridgehead atoms. The molecule has 1 fully saturated rings. The molecule has 2 N–H and O–H groups in total. The van der Waals surface area contributed by atoms with E-state index in [2.05, 4.69) is 24.1 Å². The molecule has 2 aromatic carbocycles. The summed E-state index contributed by atoms with van der Waals surface area (Å²) in [7, 11) is 1.60. The van der Waals surface area contributed by atoms with Gasteiger partial charge >= 0.3 is 5.97 Å². The maximum atomic E-state index is 13.0. The van der Waals surface area contributed by atoms with Gasteiger partial charge in [0.15, 0.2) is 0 Å². The highest BCUT2D eigenvalue weighted by molar-refractivity contribution is 6.00. The number of ether oxygens (including phenoxy) is 1. The van der Waals surface area contributed by atoms with Gasteiger partial charge in [0.05, 0.1) is 18.2 Å². The van der Waals surface area contributed by atoms with Crippen molar-refractivity contribution in [3.8, 4) is 5.75 Å². The number of anilines is 1. The van der Waals surface area contributed by atoms with Crippen molar-refractivity contribution in [1.82, 2.24) is 5.32 Å². The van der Waals surface area contributed by atoms with Crippen LogP contribution >= 0.6 is 0 Å². The highest BCUT2D eigenvalue weighted by Crippen LogP contribution is 2.31. The van der Waals surface area contributed by atoms with Crippen LogP contribution in [0.5, 0.6) is 5.75 Å². The Kier molecular flexibility index (Phi) is 6.98. The fourth-order valence-corrected chi connectivity index (χ4v) is 4.19. The number of piperidine rings is 1. The van der Waals surface area contributed by atoms with Crippen LogP contribution in [0.25, 0.3) is 0 Å². The molecular formula is C24H30N2O4. The number of nitrogens with zero attached hydrogens (tertiary/aromatic N) is 1. The van der Waals surface area contributed by atoms with Crippen molar-refractivity contribution in [3.63, 3.8) is 0 Å². The third-order valence-electron chi connectivity index (χ3n) is 5.56. The monoisotopic (exact) mass is 410 g/mol. The van der Waals surface area contributed by atoms with E-state index in [1.54, 1.807) is 37.4 Å². The number of carboxylic acid groups (broad SMARTS) is 1. The number of benzene rings is 2. The first-order valence-electron chi connectivity index (χ1n) is 10.4. The predicted molar refractivity (Wildman–Crippen MR) is 118 cm³/mol. The number of methoxy groups -OCH3 is 1. The Labute approximate surface area is 177 Å². The smallest absolute Gasteiger partial charge is 0.335 e. The van der Waals surface area contributed by atoms with E-state index in [1.807, 2.05) is 12.1 Å². The minimum Gasteiger partial charge on any atom is -0.497 e. The second-order valence-corrected chi connectivity index (χ2v) is 8.24. The lowest BCUT2D eigenvalue weighted by Crippen LogP contribution is -2.40. The van der Waals surface area contributed by atoms with E-state index in [-0.39, 0.29) is 11.5 Å². The number of hydrogen-bond donors (Lipinski definition) is 2. The summed E-state index contributed by atoms with van der Waals surface area (Å²) < 4.78 is 5.35. The highest BCUT2D eigenvalue weighted by atomic mass is 16.5. The maximum absolute atomic E-state index is 13.0. The Morgan fingerprint density at radius 1 is 1.10 bits per heavy atom. The van der Waals surface area contributed by atoms with Crippen molar-refractivity contribution >= 4 is 17.6 Å². The van der Waals surface area contributed by atoms with E-state index in [0.29, 0.717) is 36.1 Å². The number of hydrogen-bond acceptors (Lipinski definition) is 4. The van der Waals surface area contributed by atoms with E-state index in [4.69, 9.17) is 9.84 Å². The third-order valence-corrected chi connectivity index (χ3v) is 5.56. The number of amides is 1. The molecule has 30 heavy (non-hydrogen) atoms. The molecule has 1 heterocycles. The van der Waals surface area contributed by atoms with Gasteiger partial charge in [-0.25, -0.2) is 4.79 Å². The minimum atomic E-state index is -0.943. The molecule has 1 aliphatic rings. The molecule has 0 aromatic heterocycles. The summed E-state index contributed by atoms with van der Waals surface area (Å²) in [6.07, 6.45) is 1.83. The summed E-state index contributed by atoms with van der Waals surface area (Å²) >= 11 is 0. The Hall–Kier alpha value is -3.02. The summed E-state index contributed by atoms with van der Waals surface area (Å²) in [5, 5.41) is 12.0. The normalized spacial score (nSPS) is 18.7. The van der Waals surface area contributed by atoms with Crippen LogP contribution in [0.15, 0.2) is 42.5 Å². The minimum absolute atomic E-state index is 0.128. The van der Waals surface area contributed by atoms with Crippen molar-refractivity contribution < 1.29 is 19.4 Å². The molecule has 0 spiro atoms. The Morgan fingerprint density at radius 2 is 1.77 bits per heavy atom. The van der Waals surface area contributed by atoms with Crippen molar-refractivity contribution in [2.24, 2.45) is 11.8 Å². The lowest BCUT2D eigenvalue weighted by molar-refractivity contribution is 0.0696. The van der Waals surface area contributed by atoms with Crippen LogP contribution in [0.2, 0.25) is 0 Å². The van der Waals surface area contributed by atoms with Crippen LogP contribution in [-0.2, 0) is 6.42 Å². The number of carboxylic acids is 1. The molecule has 1 amide bonds. The molecule has 2 aromatic rings. The van der Waals surface area contributed by atoms with E-state index >= 15 is 0 Å². The van der Waals surface area contributed by atoms with Gasteiger partial charge in [-0.1, -0.05) is 26.0 Å². The van der Waals surface area contributed by atoms with Gasteiger partial charge in [-0.3, -0.25) is 4.79 Å².